The van der Waals surface area contributed by atoms with Crippen molar-refractivity contribution in [1.29, 1.82) is 0 Å². The van der Waals surface area contributed by atoms with Crippen molar-refractivity contribution in [1.82, 2.24) is 4.90 Å². The summed E-state index contributed by atoms with van der Waals surface area (Å²) in [5.74, 6) is 1.67. The van der Waals surface area contributed by atoms with E-state index in [-0.39, 0.29) is 17.9 Å². The molecule has 4 nitrogen and oxygen atoms in total. The van der Waals surface area contributed by atoms with Gasteiger partial charge in [0.15, 0.2) is 0 Å². The van der Waals surface area contributed by atoms with Crippen molar-refractivity contribution in [2.24, 2.45) is 17.8 Å². The highest BCUT2D eigenvalue weighted by Crippen LogP contribution is 2.50. The van der Waals surface area contributed by atoms with Crippen LogP contribution in [0.2, 0.25) is 0 Å². The Kier molecular flexibility index (Phi) is 2.65. The molecule has 4 heteroatoms. The summed E-state index contributed by atoms with van der Waals surface area (Å²) in [4.78, 5) is 26.7. The standard InChI is InChI=1S/C17H20N2O2/c1-9(14-7-10-2-3-11(14)6-10)19-16(20)13-5-4-12(18)8-15(13)17(19)21/h4-5,8-11,14H,2-3,6-7,18H2,1H3. The number of carbonyl (C=O) groups is 2. The summed E-state index contributed by atoms with van der Waals surface area (Å²) < 4.78 is 0. The molecular formula is C17H20N2O2. The largest absolute Gasteiger partial charge is 0.399 e. The number of amides is 2. The van der Waals surface area contributed by atoms with Crippen LogP contribution >= 0.6 is 0 Å². The van der Waals surface area contributed by atoms with E-state index in [1.807, 2.05) is 6.92 Å². The maximum Gasteiger partial charge on any atom is 0.261 e. The monoisotopic (exact) mass is 284 g/mol. The van der Waals surface area contributed by atoms with Crippen LogP contribution in [0.4, 0.5) is 5.69 Å². The van der Waals surface area contributed by atoms with Crippen molar-refractivity contribution >= 4 is 17.5 Å². The molecule has 0 aromatic heterocycles. The quantitative estimate of drug-likeness (QED) is 0.671. The van der Waals surface area contributed by atoms with E-state index in [2.05, 4.69) is 0 Å². The van der Waals surface area contributed by atoms with Crippen molar-refractivity contribution in [3.05, 3.63) is 29.3 Å². The number of nitrogen functional groups attached to an aromatic ring is 1. The van der Waals surface area contributed by atoms with Gasteiger partial charge in [-0.2, -0.15) is 0 Å². The van der Waals surface area contributed by atoms with E-state index in [9.17, 15) is 9.59 Å². The third-order valence-corrected chi connectivity index (χ3v) is 5.76. The van der Waals surface area contributed by atoms with Crippen LogP contribution in [0, 0.1) is 17.8 Å². The van der Waals surface area contributed by atoms with Gasteiger partial charge in [-0.1, -0.05) is 6.42 Å². The lowest BCUT2D eigenvalue weighted by Gasteiger charge is -2.33. The minimum atomic E-state index is -0.169. The van der Waals surface area contributed by atoms with Crippen LogP contribution in [0.1, 0.15) is 53.3 Å². The molecule has 4 unspecified atom stereocenters. The Balaban J connectivity index is 1.65. The van der Waals surface area contributed by atoms with Crippen molar-refractivity contribution in [2.75, 3.05) is 5.73 Å². The molecule has 3 aliphatic rings. The van der Waals surface area contributed by atoms with Crippen molar-refractivity contribution in [3.8, 4) is 0 Å². The molecular weight excluding hydrogens is 264 g/mol. The summed E-state index contributed by atoms with van der Waals surface area (Å²) in [6, 6.07) is 4.99. The molecule has 0 spiro atoms. The number of fused-ring (bicyclic) bond motifs is 3. The normalized spacial score (nSPS) is 31.9. The second-order valence-electron chi connectivity index (χ2n) is 6.86. The van der Waals surface area contributed by atoms with Crippen LogP contribution in [0.15, 0.2) is 18.2 Å². The van der Waals surface area contributed by atoms with Gasteiger partial charge in [0.05, 0.1) is 11.1 Å². The van der Waals surface area contributed by atoms with Crippen LogP contribution in [0.25, 0.3) is 0 Å². The fourth-order valence-corrected chi connectivity index (χ4v) is 4.72. The zero-order chi connectivity index (χ0) is 14.7. The lowest BCUT2D eigenvalue weighted by Crippen LogP contribution is -2.44. The Labute approximate surface area is 124 Å². The summed E-state index contributed by atoms with van der Waals surface area (Å²) in [6.45, 7) is 2.04. The summed E-state index contributed by atoms with van der Waals surface area (Å²) >= 11 is 0. The maximum atomic E-state index is 12.6. The molecule has 2 amide bonds. The predicted molar refractivity (Wildman–Crippen MR) is 79.8 cm³/mol. The number of carbonyl (C=O) groups excluding carboxylic acids is 2. The van der Waals surface area contributed by atoms with Gasteiger partial charge in [0.1, 0.15) is 0 Å². The molecule has 4 atom stereocenters. The summed E-state index contributed by atoms with van der Waals surface area (Å²) in [5.41, 5.74) is 7.25. The van der Waals surface area contributed by atoms with E-state index in [1.165, 1.54) is 30.6 Å². The zero-order valence-electron chi connectivity index (χ0n) is 12.2. The third kappa shape index (κ3) is 1.74. The van der Waals surface area contributed by atoms with E-state index in [0.29, 0.717) is 28.7 Å². The molecule has 1 aromatic carbocycles. The van der Waals surface area contributed by atoms with Crippen LogP contribution in [0.3, 0.4) is 0 Å². The van der Waals surface area contributed by atoms with Crippen molar-refractivity contribution in [2.45, 2.75) is 38.6 Å². The van der Waals surface area contributed by atoms with Gasteiger partial charge < -0.3 is 5.73 Å². The van der Waals surface area contributed by atoms with Crippen LogP contribution in [0.5, 0.6) is 0 Å². The number of imide groups is 1. The Morgan fingerprint density at radius 3 is 2.57 bits per heavy atom. The first-order chi connectivity index (χ1) is 10.1. The lowest BCUT2D eigenvalue weighted by atomic mass is 9.83. The second kappa shape index (κ2) is 4.33. The van der Waals surface area contributed by atoms with Gasteiger partial charge in [0, 0.05) is 11.7 Å². The first kappa shape index (κ1) is 12.9. The molecule has 1 heterocycles. The topological polar surface area (TPSA) is 63.4 Å². The van der Waals surface area contributed by atoms with Crippen LogP contribution in [-0.4, -0.2) is 22.8 Å². The second-order valence-corrected chi connectivity index (χ2v) is 6.86. The number of nitrogens with two attached hydrogens (primary N) is 1. The number of rotatable bonds is 2. The van der Waals surface area contributed by atoms with Crippen molar-refractivity contribution < 1.29 is 9.59 Å². The fraction of sp³-hybridized carbons (Fsp3) is 0.529. The lowest BCUT2D eigenvalue weighted by molar-refractivity contribution is 0.0507. The van der Waals surface area contributed by atoms with Gasteiger partial charge in [-0.3, -0.25) is 14.5 Å². The summed E-state index contributed by atoms with van der Waals surface area (Å²) in [5, 5.41) is 0. The SMILES string of the molecule is CC(C1CC2CCC1C2)N1C(=O)c2ccc(N)cc2C1=O. The average molecular weight is 284 g/mol. The van der Waals surface area contributed by atoms with E-state index in [4.69, 9.17) is 5.73 Å². The number of benzene rings is 1. The molecule has 4 rings (SSSR count). The van der Waals surface area contributed by atoms with E-state index in [1.54, 1.807) is 18.2 Å². The van der Waals surface area contributed by atoms with Gasteiger partial charge in [-0.25, -0.2) is 0 Å². The van der Waals surface area contributed by atoms with Crippen LogP contribution < -0.4 is 5.73 Å². The van der Waals surface area contributed by atoms with Gasteiger partial charge >= 0.3 is 0 Å². The molecule has 2 aliphatic carbocycles. The highest BCUT2D eigenvalue weighted by molar-refractivity contribution is 6.21. The van der Waals surface area contributed by atoms with Gasteiger partial charge in [-0.15, -0.1) is 0 Å². The zero-order valence-corrected chi connectivity index (χ0v) is 12.2. The maximum absolute atomic E-state index is 12.6. The smallest absolute Gasteiger partial charge is 0.261 e. The number of anilines is 1. The molecule has 2 bridgehead atoms. The molecule has 2 saturated carbocycles. The highest BCUT2D eigenvalue weighted by atomic mass is 16.2. The first-order valence-corrected chi connectivity index (χ1v) is 7.83. The average Bonchev–Trinajstić information content (AvgIpc) is 3.14. The molecule has 1 aliphatic heterocycles. The van der Waals surface area contributed by atoms with Gasteiger partial charge in [-0.05, 0) is 62.1 Å². The van der Waals surface area contributed by atoms with Crippen molar-refractivity contribution in [3.63, 3.8) is 0 Å². The molecule has 0 radical (unpaired) electrons. The minimum absolute atomic E-state index is 0.00563. The minimum Gasteiger partial charge on any atom is -0.399 e. The Bertz CT molecular complexity index is 640. The third-order valence-electron chi connectivity index (χ3n) is 5.76. The molecule has 21 heavy (non-hydrogen) atoms. The molecule has 1 aromatic rings. The van der Waals surface area contributed by atoms with Crippen LogP contribution in [-0.2, 0) is 0 Å². The first-order valence-electron chi connectivity index (χ1n) is 7.83. The van der Waals surface area contributed by atoms with E-state index in [0.717, 1.165) is 5.92 Å². The number of hydrogen-bond acceptors (Lipinski definition) is 3. The fourth-order valence-electron chi connectivity index (χ4n) is 4.72. The molecule has 2 N–H and O–H groups in total. The van der Waals surface area contributed by atoms with E-state index >= 15 is 0 Å². The van der Waals surface area contributed by atoms with Gasteiger partial charge in [0.2, 0.25) is 0 Å². The predicted octanol–water partition coefficient (Wildman–Crippen LogP) is 2.69. The Morgan fingerprint density at radius 1 is 1.14 bits per heavy atom. The molecule has 110 valence electrons. The molecule has 0 saturated heterocycles. The summed E-state index contributed by atoms with van der Waals surface area (Å²) in [6.07, 6.45) is 5.04. The van der Waals surface area contributed by atoms with E-state index < -0.39 is 0 Å². The Hall–Kier alpha value is -1.84. The number of hydrogen-bond donors (Lipinski definition) is 1. The summed E-state index contributed by atoms with van der Waals surface area (Å²) in [7, 11) is 0. The number of nitrogens with zero attached hydrogens (tertiary/aromatic N) is 1. The highest BCUT2D eigenvalue weighted by Gasteiger charge is 2.47. The van der Waals surface area contributed by atoms with Gasteiger partial charge in [0.25, 0.3) is 11.8 Å². The molecule has 2 fully saturated rings. The Morgan fingerprint density at radius 2 is 1.90 bits per heavy atom.